The summed E-state index contributed by atoms with van der Waals surface area (Å²) < 4.78 is 97.2. The molecule has 204 valence electrons. The van der Waals surface area contributed by atoms with Crippen molar-refractivity contribution >= 4 is 0 Å². The maximum Gasteiger partial charge on any atom is 0.204 e. The largest absolute Gasteiger partial charge is 0.491 e. The van der Waals surface area contributed by atoms with Gasteiger partial charge in [0.2, 0.25) is 11.6 Å². The smallest absolute Gasteiger partial charge is 0.204 e. The molecule has 1 atom stereocenters. The number of benzene rings is 3. The highest BCUT2D eigenvalue weighted by molar-refractivity contribution is 5.36. The zero-order valence-corrected chi connectivity index (χ0v) is 21.0. The van der Waals surface area contributed by atoms with Crippen molar-refractivity contribution < 1.29 is 40.9 Å². The van der Waals surface area contributed by atoms with Crippen LogP contribution in [0.3, 0.4) is 0 Å². The maximum absolute atomic E-state index is 15.0. The van der Waals surface area contributed by atoms with Gasteiger partial charge in [-0.2, -0.15) is 8.78 Å². The fraction of sp³-hybridized carbons (Fsp3) is 0.379. The van der Waals surface area contributed by atoms with Crippen LogP contribution in [0.2, 0.25) is 0 Å². The van der Waals surface area contributed by atoms with Gasteiger partial charge in [-0.05, 0) is 74.6 Å². The minimum Gasteiger partial charge on any atom is -0.491 e. The van der Waals surface area contributed by atoms with Crippen LogP contribution >= 0.6 is 0 Å². The number of aliphatic hydroxyl groups is 1. The first kappa shape index (κ1) is 27.8. The molecule has 1 fully saturated rings. The average Bonchev–Trinajstić information content (AvgIpc) is 2.90. The molecule has 4 rings (SSSR count). The topological polar surface area (TPSA) is 38.7 Å². The third-order valence-electron chi connectivity index (χ3n) is 7.09. The van der Waals surface area contributed by atoms with Crippen molar-refractivity contribution in [3.63, 3.8) is 0 Å². The zero-order chi connectivity index (χ0) is 27.6. The fourth-order valence-corrected chi connectivity index (χ4v) is 5.01. The van der Waals surface area contributed by atoms with Crippen LogP contribution in [0.15, 0.2) is 36.4 Å². The second-order valence-electron chi connectivity index (χ2n) is 9.45. The van der Waals surface area contributed by atoms with Gasteiger partial charge in [0, 0.05) is 11.1 Å². The van der Waals surface area contributed by atoms with Crippen LogP contribution in [0.5, 0.6) is 11.5 Å². The van der Waals surface area contributed by atoms with E-state index in [0.717, 1.165) is 6.07 Å². The summed E-state index contributed by atoms with van der Waals surface area (Å²) in [6.45, 7) is 2.59. The Hall–Kier alpha value is -3.20. The van der Waals surface area contributed by atoms with Gasteiger partial charge in [-0.1, -0.05) is 24.3 Å². The van der Waals surface area contributed by atoms with Crippen molar-refractivity contribution in [2.24, 2.45) is 0 Å². The van der Waals surface area contributed by atoms with Crippen LogP contribution in [0.4, 0.5) is 26.3 Å². The van der Waals surface area contributed by atoms with E-state index in [0.29, 0.717) is 25.7 Å². The second-order valence-corrected chi connectivity index (χ2v) is 9.45. The molecule has 0 saturated heterocycles. The number of aliphatic hydroxyl groups excluding tert-OH is 1. The van der Waals surface area contributed by atoms with E-state index in [-0.39, 0.29) is 46.4 Å². The molecule has 1 aliphatic carbocycles. The minimum absolute atomic E-state index is 0.114. The number of rotatable bonds is 8. The van der Waals surface area contributed by atoms with E-state index in [9.17, 15) is 31.4 Å². The Morgan fingerprint density at radius 3 is 1.71 bits per heavy atom. The molecule has 0 amide bonds. The second kappa shape index (κ2) is 11.7. The summed E-state index contributed by atoms with van der Waals surface area (Å²) in [5, 5.41) is 9.58. The Labute approximate surface area is 217 Å². The predicted octanol–water partition coefficient (Wildman–Crippen LogP) is 7.99. The van der Waals surface area contributed by atoms with Gasteiger partial charge in [0.15, 0.2) is 34.8 Å². The lowest BCUT2D eigenvalue weighted by Crippen LogP contribution is -2.16. The summed E-state index contributed by atoms with van der Waals surface area (Å²) >= 11 is 0. The van der Waals surface area contributed by atoms with Crippen LogP contribution in [0.1, 0.15) is 79.7 Å². The normalized spacial score (nSPS) is 18.3. The van der Waals surface area contributed by atoms with E-state index in [1.54, 1.807) is 6.92 Å². The molecule has 0 heterocycles. The summed E-state index contributed by atoms with van der Waals surface area (Å²) in [6.07, 6.45) is 0.633. The molecule has 0 aliphatic heterocycles. The molecule has 1 N–H and O–H groups in total. The molecule has 1 unspecified atom stereocenters. The molecular formula is C29H28F6O3. The highest BCUT2D eigenvalue weighted by Gasteiger charge is 2.30. The molecule has 0 aromatic heterocycles. The highest BCUT2D eigenvalue weighted by atomic mass is 19.2. The van der Waals surface area contributed by atoms with E-state index in [1.165, 1.54) is 37.3 Å². The summed E-state index contributed by atoms with van der Waals surface area (Å²) in [7, 11) is 0. The minimum atomic E-state index is -1.29. The molecule has 3 aromatic carbocycles. The molecular weight excluding hydrogens is 510 g/mol. The first-order chi connectivity index (χ1) is 18.1. The Bertz CT molecular complexity index is 1300. The molecule has 1 saturated carbocycles. The van der Waals surface area contributed by atoms with Gasteiger partial charge in [0.1, 0.15) is 6.61 Å². The van der Waals surface area contributed by atoms with Gasteiger partial charge >= 0.3 is 0 Å². The third-order valence-corrected chi connectivity index (χ3v) is 7.09. The van der Waals surface area contributed by atoms with Crippen molar-refractivity contribution in [3.8, 4) is 11.5 Å². The van der Waals surface area contributed by atoms with Crippen LogP contribution in [-0.2, 0) is 6.61 Å². The summed E-state index contributed by atoms with van der Waals surface area (Å²) in [6, 6.07) is 7.96. The summed E-state index contributed by atoms with van der Waals surface area (Å²) in [5.41, 5.74) is 0.0999. The molecule has 3 nitrogen and oxygen atoms in total. The Morgan fingerprint density at radius 1 is 0.684 bits per heavy atom. The maximum atomic E-state index is 15.0. The molecule has 0 radical (unpaired) electrons. The van der Waals surface area contributed by atoms with Crippen molar-refractivity contribution in [1.29, 1.82) is 0 Å². The zero-order valence-electron chi connectivity index (χ0n) is 21.0. The van der Waals surface area contributed by atoms with Gasteiger partial charge in [-0.25, -0.2) is 17.6 Å². The van der Waals surface area contributed by atoms with Crippen molar-refractivity contribution in [3.05, 3.63) is 93.6 Å². The van der Waals surface area contributed by atoms with Gasteiger partial charge in [0.05, 0.1) is 12.7 Å². The first-order valence-electron chi connectivity index (χ1n) is 12.5. The quantitative estimate of drug-likeness (QED) is 0.296. The molecule has 9 heteroatoms. The van der Waals surface area contributed by atoms with Gasteiger partial charge in [0.25, 0.3) is 0 Å². The molecule has 1 aliphatic rings. The standard InChI is InChI=1S/C29H28F6O3/c1-3-37-22-12-13-23(29(35)28(22)34)38-14-18-8-9-20(26(32)24(18)30)16-4-6-17(7-5-16)21-11-10-19(15(2)36)25(31)27(21)33/h8-13,15-17,36H,3-7,14H2,1-2H3. The van der Waals surface area contributed by atoms with Crippen LogP contribution in [0.25, 0.3) is 0 Å². The number of ether oxygens (including phenoxy) is 2. The Kier molecular flexibility index (Phi) is 8.55. The molecule has 38 heavy (non-hydrogen) atoms. The third kappa shape index (κ3) is 5.48. The van der Waals surface area contributed by atoms with Crippen LogP contribution in [-0.4, -0.2) is 11.7 Å². The Morgan fingerprint density at radius 2 is 1.18 bits per heavy atom. The Balaban J connectivity index is 1.43. The lowest BCUT2D eigenvalue weighted by molar-refractivity contribution is 0.192. The van der Waals surface area contributed by atoms with E-state index in [4.69, 9.17) is 9.47 Å². The van der Waals surface area contributed by atoms with E-state index in [1.807, 2.05) is 0 Å². The first-order valence-corrected chi connectivity index (χ1v) is 12.5. The van der Waals surface area contributed by atoms with Gasteiger partial charge < -0.3 is 14.6 Å². The van der Waals surface area contributed by atoms with Crippen LogP contribution in [0, 0.1) is 34.9 Å². The summed E-state index contributed by atoms with van der Waals surface area (Å²) in [4.78, 5) is 0. The average molecular weight is 539 g/mol. The SMILES string of the molecule is CCOc1ccc(OCc2ccc(C3CCC(c4ccc(C(C)O)c(F)c4F)CC3)c(F)c2F)c(F)c1F. The molecule has 3 aromatic rings. The van der Waals surface area contributed by atoms with Crippen LogP contribution < -0.4 is 9.47 Å². The predicted molar refractivity (Wildman–Crippen MR) is 129 cm³/mol. The van der Waals surface area contributed by atoms with E-state index >= 15 is 0 Å². The van der Waals surface area contributed by atoms with Gasteiger partial charge in [-0.15, -0.1) is 0 Å². The number of hydrogen-bond acceptors (Lipinski definition) is 3. The van der Waals surface area contributed by atoms with E-state index in [2.05, 4.69) is 0 Å². The fourth-order valence-electron chi connectivity index (χ4n) is 5.01. The summed E-state index contributed by atoms with van der Waals surface area (Å²) in [5.74, 6) is -8.12. The molecule has 0 spiro atoms. The van der Waals surface area contributed by atoms with E-state index < -0.39 is 53.4 Å². The highest BCUT2D eigenvalue weighted by Crippen LogP contribution is 2.43. The van der Waals surface area contributed by atoms with Crippen molar-refractivity contribution in [1.82, 2.24) is 0 Å². The van der Waals surface area contributed by atoms with Gasteiger partial charge in [-0.3, -0.25) is 0 Å². The lowest BCUT2D eigenvalue weighted by Gasteiger charge is -2.30. The monoisotopic (exact) mass is 538 g/mol. The molecule has 0 bridgehead atoms. The lowest BCUT2D eigenvalue weighted by atomic mass is 9.75. The number of halogens is 6. The number of hydrogen-bond donors (Lipinski definition) is 1. The van der Waals surface area contributed by atoms with Crippen molar-refractivity contribution in [2.45, 2.75) is 64.1 Å². The van der Waals surface area contributed by atoms with Crippen molar-refractivity contribution in [2.75, 3.05) is 6.61 Å².